The van der Waals surface area contributed by atoms with Crippen molar-refractivity contribution in [1.29, 1.82) is 0 Å². The molecular weight excluding hydrogens is 300 g/mol. The van der Waals surface area contributed by atoms with Crippen molar-refractivity contribution >= 4 is 21.9 Å². The first-order chi connectivity index (χ1) is 8.54. The minimum Gasteiger partial charge on any atom is -0.496 e. The molecule has 0 saturated heterocycles. The molecule has 0 radical (unpaired) electrons. The predicted octanol–water partition coefficient (Wildman–Crippen LogP) is 2.56. The average molecular weight is 311 g/mol. The lowest BCUT2D eigenvalue weighted by Crippen LogP contribution is -2.05. The van der Waals surface area contributed by atoms with Crippen LogP contribution in [0.4, 0.5) is 0 Å². The molecule has 0 atom stereocenters. The van der Waals surface area contributed by atoms with E-state index in [4.69, 9.17) is 4.74 Å². The van der Waals surface area contributed by atoms with Crippen LogP contribution in [-0.4, -0.2) is 27.7 Å². The molecular formula is C12H11BrN2O3. The quantitative estimate of drug-likeness (QED) is 0.946. The number of ether oxygens (including phenoxy) is 1. The van der Waals surface area contributed by atoms with E-state index in [2.05, 4.69) is 20.9 Å². The molecule has 6 heteroatoms. The normalized spacial score (nSPS) is 10.4. The zero-order valence-corrected chi connectivity index (χ0v) is 11.4. The first kappa shape index (κ1) is 12.6. The number of benzene rings is 1. The van der Waals surface area contributed by atoms with Gasteiger partial charge in [0.05, 0.1) is 13.4 Å². The number of halogens is 1. The third-order valence-electron chi connectivity index (χ3n) is 2.56. The van der Waals surface area contributed by atoms with Gasteiger partial charge in [-0.2, -0.15) is 0 Å². The van der Waals surface area contributed by atoms with Crippen molar-refractivity contribution in [1.82, 2.24) is 9.55 Å². The second-order valence-electron chi connectivity index (χ2n) is 3.70. The number of carboxylic acids is 1. The number of aryl methyl sites for hydroxylation is 1. The molecule has 0 spiro atoms. The molecule has 1 heterocycles. The van der Waals surface area contributed by atoms with Crippen molar-refractivity contribution in [2.24, 2.45) is 7.05 Å². The van der Waals surface area contributed by atoms with Gasteiger partial charge >= 0.3 is 5.97 Å². The SMILES string of the molecule is COc1ccc(Br)cc1-c1ncn(C)c1C(=O)O. The van der Waals surface area contributed by atoms with Crippen LogP contribution in [-0.2, 0) is 7.05 Å². The Morgan fingerprint density at radius 1 is 1.50 bits per heavy atom. The van der Waals surface area contributed by atoms with Gasteiger partial charge in [0.2, 0.25) is 0 Å². The number of imidazole rings is 1. The molecule has 94 valence electrons. The van der Waals surface area contributed by atoms with Crippen molar-refractivity contribution in [3.8, 4) is 17.0 Å². The molecule has 1 aromatic carbocycles. The second kappa shape index (κ2) is 4.81. The number of carbonyl (C=O) groups is 1. The maximum atomic E-state index is 11.2. The maximum absolute atomic E-state index is 11.2. The summed E-state index contributed by atoms with van der Waals surface area (Å²) in [5.74, 6) is -0.438. The molecule has 0 aliphatic carbocycles. The number of carboxylic acid groups (broad SMARTS) is 1. The van der Waals surface area contributed by atoms with Crippen LogP contribution in [0.1, 0.15) is 10.5 Å². The fourth-order valence-corrected chi connectivity index (χ4v) is 2.11. The Morgan fingerprint density at radius 2 is 2.22 bits per heavy atom. The number of aromatic nitrogens is 2. The number of methoxy groups -OCH3 is 1. The van der Waals surface area contributed by atoms with Crippen LogP contribution in [0, 0.1) is 0 Å². The van der Waals surface area contributed by atoms with Crippen molar-refractivity contribution in [2.45, 2.75) is 0 Å². The predicted molar refractivity (Wildman–Crippen MR) is 69.9 cm³/mol. The highest BCUT2D eigenvalue weighted by atomic mass is 79.9. The largest absolute Gasteiger partial charge is 0.496 e. The minimum atomic E-state index is -1.02. The molecule has 5 nitrogen and oxygen atoms in total. The summed E-state index contributed by atoms with van der Waals surface area (Å²) in [4.78, 5) is 15.4. The number of hydrogen-bond acceptors (Lipinski definition) is 3. The maximum Gasteiger partial charge on any atom is 0.354 e. The summed E-state index contributed by atoms with van der Waals surface area (Å²) in [5.41, 5.74) is 1.17. The van der Waals surface area contributed by atoms with E-state index in [0.29, 0.717) is 17.0 Å². The lowest BCUT2D eigenvalue weighted by molar-refractivity contribution is 0.0687. The molecule has 18 heavy (non-hydrogen) atoms. The topological polar surface area (TPSA) is 64.4 Å². The fourth-order valence-electron chi connectivity index (χ4n) is 1.74. The molecule has 0 saturated carbocycles. The molecule has 0 aliphatic heterocycles. The van der Waals surface area contributed by atoms with Gasteiger partial charge in [0, 0.05) is 17.1 Å². The summed E-state index contributed by atoms with van der Waals surface area (Å²) in [6.45, 7) is 0. The second-order valence-corrected chi connectivity index (χ2v) is 4.62. The van der Waals surface area contributed by atoms with E-state index in [-0.39, 0.29) is 5.69 Å². The van der Waals surface area contributed by atoms with Gasteiger partial charge in [-0.05, 0) is 18.2 Å². The highest BCUT2D eigenvalue weighted by Gasteiger charge is 2.20. The van der Waals surface area contributed by atoms with Crippen LogP contribution in [0.15, 0.2) is 29.0 Å². The lowest BCUT2D eigenvalue weighted by Gasteiger charge is -2.08. The standard InChI is InChI=1S/C12H11BrN2O3/c1-15-6-14-10(11(15)12(16)17)8-5-7(13)3-4-9(8)18-2/h3-6H,1-2H3,(H,16,17). The molecule has 1 N–H and O–H groups in total. The van der Waals surface area contributed by atoms with E-state index in [0.717, 1.165) is 4.47 Å². The number of nitrogens with zero attached hydrogens (tertiary/aromatic N) is 2. The van der Waals surface area contributed by atoms with E-state index in [9.17, 15) is 9.90 Å². The van der Waals surface area contributed by atoms with Crippen molar-refractivity contribution in [3.05, 3.63) is 34.7 Å². The first-order valence-electron chi connectivity index (χ1n) is 5.13. The number of hydrogen-bond donors (Lipinski definition) is 1. The summed E-state index contributed by atoms with van der Waals surface area (Å²) in [5, 5.41) is 9.22. The van der Waals surface area contributed by atoms with Crippen molar-refractivity contribution < 1.29 is 14.6 Å². The van der Waals surface area contributed by atoms with Crippen LogP contribution in [0.2, 0.25) is 0 Å². The summed E-state index contributed by atoms with van der Waals surface area (Å²) in [6, 6.07) is 5.37. The van der Waals surface area contributed by atoms with Gasteiger partial charge in [-0.3, -0.25) is 0 Å². The summed E-state index contributed by atoms with van der Waals surface area (Å²) < 4.78 is 7.54. The van der Waals surface area contributed by atoms with Crippen LogP contribution in [0.5, 0.6) is 5.75 Å². The fraction of sp³-hybridized carbons (Fsp3) is 0.167. The lowest BCUT2D eigenvalue weighted by atomic mass is 10.1. The Balaban J connectivity index is 2.69. The highest BCUT2D eigenvalue weighted by molar-refractivity contribution is 9.10. The molecule has 0 amide bonds. The summed E-state index contributed by atoms with van der Waals surface area (Å²) >= 11 is 3.35. The van der Waals surface area contributed by atoms with E-state index in [1.807, 2.05) is 6.07 Å². The molecule has 0 aliphatic rings. The first-order valence-corrected chi connectivity index (χ1v) is 5.92. The van der Waals surface area contributed by atoms with Crippen LogP contribution in [0.3, 0.4) is 0 Å². The number of aromatic carboxylic acids is 1. The van der Waals surface area contributed by atoms with Gasteiger partial charge in [-0.25, -0.2) is 9.78 Å². The Hall–Kier alpha value is -1.82. The average Bonchev–Trinajstić information content (AvgIpc) is 2.71. The smallest absolute Gasteiger partial charge is 0.354 e. The van der Waals surface area contributed by atoms with E-state index < -0.39 is 5.97 Å². The highest BCUT2D eigenvalue weighted by Crippen LogP contribution is 2.33. The third-order valence-corrected chi connectivity index (χ3v) is 3.05. The Kier molecular flexibility index (Phi) is 3.38. The Morgan fingerprint density at radius 3 is 2.83 bits per heavy atom. The van der Waals surface area contributed by atoms with Crippen LogP contribution >= 0.6 is 15.9 Å². The van der Waals surface area contributed by atoms with Gasteiger partial charge in [-0.1, -0.05) is 15.9 Å². The van der Waals surface area contributed by atoms with Crippen LogP contribution in [0.25, 0.3) is 11.3 Å². The van der Waals surface area contributed by atoms with Gasteiger partial charge in [0.25, 0.3) is 0 Å². The van der Waals surface area contributed by atoms with Gasteiger partial charge < -0.3 is 14.4 Å². The minimum absolute atomic E-state index is 0.131. The monoisotopic (exact) mass is 310 g/mol. The molecule has 0 unspecified atom stereocenters. The molecule has 2 rings (SSSR count). The van der Waals surface area contributed by atoms with Gasteiger partial charge in [0.15, 0.2) is 5.69 Å². The molecule has 0 fully saturated rings. The molecule has 2 aromatic rings. The zero-order chi connectivity index (χ0) is 13.3. The van der Waals surface area contributed by atoms with Crippen molar-refractivity contribution in [2.75, 3.05) is 7.11 Å². The third kappa shape index (κ3) is 2.11. The zero-order valence-electron chi connectivity index (χ0n) is 9.85. The van der Waals surface area contributed by atoms with E-state index >= 15 is 0 Å². The number of rotatable bonds is 3. The van der Waals surface area contributed by atoms with Gasteiger partial charge in [0.1, 0.15) is 11.4 Å². The summed E-state index contributed by atoms with van der Waals surface area (Å²) in [6.07, 6.45) is 1.47. The Bertz CT molecular complexity index is 607. The molecule has 1 aromatic heterocycles. The summed E-state index contributed by atoms with van der Waals surface area (Å²) in [7, 11) is 3.18. The Labute approximate surface area is 112 Å². The van der Waals surface area contributed by atoms with E-state index in [1.165, 1.54) is 18.0 Å². The van der Waals surface area contributed by atoms with Crippen LogP contribution < -0.4 is 4.74 Å². The molecule has 0 bridgehead atoms. The van der Waals surface area contributed by atoms with Gasteiger partial charge in [-0.15, -0.1) is 0 Å². The van der Waals surface area contributed by atoms with E-state index in [1.54, 1.807) is 19.2 Å². The van der Waals surface area contributed by atoms with Crippen molar-refractivity contribution in [3.63, 3.8) is 0 Å².